The van der Waals surface area contributed by atoms with Gasteiger partial charge in [0, 0.05) is 25.5 Å². The van der Waals surface area contributed by atoms with Gasteiger partial charge in [-0.1, -0.05) is 39.0 Å². The molecule has 1 rings (SSSR count). The zero-order valence-corrected chi connectivity index (χ0v) is 19.5. The van der Waals surface area contributed by atoms with Gasteiger partial charge < -0.3 is 17.8 Å². The fourth-order valence-electron chi connectivity index (χ4n) is 2.94. The molecular weight excluding hydrogens is 346 g/mol. The van der Waals surface area contributed by atoms with Crippen molar-refractivity contribution in [1.29, 1.82) is 0 Å². The molecular formula is C19H39NO3Si2. The second-order valence-corrected chi connectivity index (χ2v) is 12.7. The quantitative estimate of drug-likeness (QED) is 0.505. The van der Waals surface area contributed by atoms with Gasteiger partial charge in [-0.05, 0) is 58.1 Å². The Labute approximate surface area is 158 Å². The molecule has 0 bridgehead atoms. The van der Waals surface area contributed by atoms with Crippen LogP contribution in [-0.4, -0.2) is 44.6 Å². The lowest BCUT2D eigenvalue weighted by Gasteiger charge is -2.39. The van der Waals surface area contributed by atoms with Crippen molar-refractivity contribution in [3.8, 4) is 0 Å². The number of rotatable bonds is 11. The Morgan fingerprint density at radius 2 is 1.16 bits per heavy atom. The van der Waals surface area contributed by atoms with E-state index in [9.17, 15) is 0 Å². The van der Waals surface area contributed by atoms with E-state index in [0.717, 1.165) is 0 Å². The minimum atomic E-state index is -1.73. The second kappa shape index (κ2) is 14.5. The molecule has 0 saturated heterocycles. The number of para-hydroxylation sites is 1. The smallest absolute Gasteiger partial charge is 0.400 e. The molecule has 4 nitrogen and oxygen atoms in total. The van der Waals surface area contributed by atoms with E-state index in [1.54, 1.807) is 0 Å². The molecule has 0 N–H and O–H groups in total. The van der Waals surface area contributed by atoms with Gasteiger partial charge in [-0.15, -0.1) is 0 Å². The third-order valence-corrected chi connectivity index (χ3v) is 12.2. The topological polar surface area (TPSA) is 30.9 Å². The van der Waals surface area contributed by atoms with Gasteiger partial charge in [-0.2, -0.15) is 0 Å². The van der Waals surface area contributed by atoms with Crippen LogP contribution in [0, 0.1) is 0 Å². The molecule has 0 saturated carbocycles. The van der Waals surface area contributed by atoms with Crippen molar-refractivity contribution in [3.05, 3.63) is 30.3 Å². The highest BCUT2D eigenvalue weighted by atomic mass is 28.3. The number of anilines is 1. The molecule has 0 aliphatic heterocycles. The summed E-state index contributed by atoms with van der Waals surface area (Å²) >= 11 is 0. The first-order valence-electron chi connectivity index (χ1n) is 9.68. The Hall–Kier alpha value is -0.666. The first kappa shape index (κ1) is 24.3. The van der Waals surface area contributed by atoms with E-state index >= 15 is 0 Å². The van der Waals surface area contributed by atoms with Gasteiger partial charge >= 0.3 is 9.53 Å². The van der Waals surface area contributed by atoms with Crippen molar-refractivity contribution in [1.82, 2.24) is 0 Å². The highest BCUT2D eigenvalue weighted by molar-refractivity contribution is 6.83. The van der Waals surface area contributed by atoms with Crippen LogP contribution in [0.5, 0.6) is 0 Å². The highest BCUT2D eigenvalue weighted by Crippen LogP contribution is 2.28. The summed E-state index contributed by atoms with van der Waals surface area (Å²) in [7, 11) is -0.686. The molecule has 1 aromatic carbocycles. The first-order valence-corrected chi connectivity index (χ1v) is 13.7. The second-order valence-electron chi connectivity index (χ2n) is 5.83. The summed E-state index contributed by atoms with van der Waals surface area (Å²) < 4.78 is 18.2. The average Bonchev–Trinajstić information content (AvgIpc) is 2.65. The predicted octanol–water partition coefficient (Wildman–Crippen LogP) is 4.94. The minimum absolute atomic E-state index is 0.677. The van der Waals surface area contributed by atoms with E-state index in [-0.39, 0.29) is 0 Å². The summed E-state index contributed by atoms with van der Waals surface area (Å²) in [6.07, 6.45) is 0. The van der Waals surface area contributed by atoms with Crippen molar-refractivity contribution >= 4 is 23.5 Å². The molecule has 0 aliphatic carbocycles. The summed E-state index contributed by atoms with van der Waals surface area (Å²) in [5.41, 5.74) is 1.38. The third-order valence-electron chi connectivity index (χ3n) is 4.74. The van der Waals surface area contributed by atoms with E-state index in [2.05, 4.69) is 62.7 Å². The SMILES string of the molecule is CCO[SiH](OCC)OCC.CC[Si](CC)(CC)N(C)c1ccccc1. The summed E-state index contributed by atoms with van der Waals surface area (Å²) in [5, 5.41) is 0. The van der Waals surface area contributed by atoms with Crippen molar-refractivity contribution in [2.24, 2.45) is 0 Å². The summed E-state index contributed by atoms with van der Waals surface area (Å²) in [6, 6.07) is 14.8. The van der Waals surface area contributed by atoms with Crippen LogP contribution in [0.25, 0.3) is 0 Å². The molecule has 0 heterocycles. The van der Waals surface area contributed by atoms with Crippen molar-refractivity contribution in [2.75, 3.05) is 31.4 Å². The van der Waals surface area contributed by atoms with Crippen LogP contribution in [0.1, 0.15) is 41.5 Å². The lowest BCUT2D eigenvalue weighted by Crippen LogP contribution is -2.50. The van der Waals surface area contributed by atoms with Gasteiger partial charge in [0.2, 0.25) is 0 Å². The Balaban J connectivity index is 0.000000504. The Kier molecular flexibility index (Phi) is 14.1. The Bertz CT molecular complexity index is 394. The van der Waals surface area contributed by atoms with Crippen LogP contribution in [0.3, 0.4) is 0 Å². The number of nitrogens with zero attached hydrogens (tertiary/aromatic N) is 1. The van der Waals surface area contributed by atoms with Gasteiger partial charge in [-0.25, -0.2) is 0 Å². The van der Waals surface area contributed by atoms with E-state index in [4.69, 9.17) is 13.3 Å². The number of hydrogen-bond acceptors (Lipinski definition) is 4. The molecule has 25 heavy (non-hydrogen) atoms. The van der Waals surface area contributed by atoms with Gasteiger partial charge in [0.15, 0.2) is 8.24 Å². The predicted molar refractivity (Wildman–Crippen MR) is 114 cm³/mol. The zero-order valence-electron chi connectivity index (χ0n) is 17.4. The molecule has 0 atom stereocenters. The van der Waals surface area contributed by atoms with Crippen LogP contribution in [0.15, 0.2) is 30.3 Å². The first-order chi connectivity index (χ1) is 12.0. The van der Waals surface area contributed by atoms with Crippen LogP contribution in [-0.2, 0) is 13.3 Å². The lowest BCUT2D eigenvalue weighted by atomic mass is 10.3. The maximum absolute atomic E-state index is 5.22. The van der Waals surface area contributed by atoms with E-state index < -0.39 is 17.8 Å². The van der Waals surface area contributed by atoms with E-state index in [1.807, 2.05) is 20.8 Å². The number of hydrogen-bond donors (Lipinski definition) is 0. The van der Waals surface area contributed by atoms with Crippen molar-refractivity contribution in [3.63, 3.8) is 0 Å². The molecule has 0 aliphatic rings. The van der Waals surface area contributed by atoms with Crippen LogP contribution in [0.2, 0.25) is 18.1 Å². The fraction of sp³-hybridized carbons (Fsp3) is 0.684. The normalized spacial score (nSPS) is 11.2. The van der Waals surface area contributed by atoms with Crippen molar-refractivity contribution < 1.29 is 13.3 Å². The standard InChI is InChI=1S/C13H23NSi.C6H16O3Si/c1-5-15(6-2,7-3)14(4)13-11-9-8-10-12-13;1-4-7-10(8-5-2)9-6-3/h8-12H,5-7H2,1-4H3;10H,4-6H2,1-3H3. The maximum atomic E-state index is 5.22. The largest absolute Gasteiger partial charge is 0.484 e. The molecule has 6 heteroatoms. The average molecular weight is 386 g/mol. The minimum Gasteiger partial charge on any atom is -0.400 e. The van der Waals surface area contributed by atoms with Gasteiger partial charge in [-0.3, -0.25) is 0 Å². The number of benzene rings is 1. The van der Waals surface area contributed by atoms with Crippen LogP contribution >= 0.6 is 0 Å². The molecule has 0 fully saturated rings. The molecule has 1 aromatic rings. The third kappa shape index (κ3) is 8.51. The van der Waals surface area contributed by atoms with Gasteiger partial charge in [0.25, 0.3) is 0 Å². The molecule has 0 unspecified atom stereocenters. The van der Waals surface area contributed by atoms with Crippen molar-refractivity contribution in [2.45, 2.75) is 59.7 Å². The van der Waals surface area contributed by atoms with Crippen LogP contribution in [0.4, 0.5) is 5.69 Å². The Morgan fingerprint density at radius 1 is 0.760 bits per heavy atom. The fourth-order valence-corrected chi connectivity index (χ4v) is 7.66. The molecule has 0 spiro atoms. The van der Waals surface area contributed by atoms with Gasteiger partial charge in [0.1, 0.15) is 0 Å². The zero-order chi connectivity index (χ0) is 19.1. The maximum Gasteiger partial charge on any atom is 0.484 e. The molecule has 0 aromatic heterocycles. The highest BCUT2D eigenvalue weighted by Gasteiger charge is 2.32. The van der Waals surface area contributed by atoms with E-state index in [1.165, 1.54) is 23.8 Å². The van der Waals surface area contributed by atoms with Crippen LogP contribution < -0.4 is 4.57 Å². The molecule has 0 radical (unpaired) electrons. The van der Waals surface area contributed by atoms with E-state index in [0.29, 0.717) is 19.8 Å². The monoisotopic (exact) mass is 385 g/mol. The summed E-state index contributed by atoms with van der Waals surface area (Å²) in [4.78, 5) is 0. The Morgan fingerprint density at radius 3 is 1.48 bits per heavy atom. The summed E-state index contributed by atoms with van der Waals surface area (Å²) in [5.74, 6) is 0. The summed E-state index contributed by atoms with van der Waals surface area (Å²) in [6.45, 7) is 14.9. The van der Waals surface area contributed by atoms with Gasteiger partial charge in [0.05, 0.1) is 0 Å². The molecule has 0 amide bonds. The lowest BCUT2D eigenvalue weighted by molar-refractivity contribution is 0.107. The molecule has 146 valence electrons.